The highest BCUT2D eigenvalue weighted by Crippen LogP contribution is 2.35. The van der Waals surface area contributed by atoms with Crippen LogP contribution in [0.1, 0.15) is 28.8 Å². The van der Waals surface area contributed by atoms with E-state index in [0.717, 1.165) is 45.3 Å². The first kappa shape index (κ1) is 18.5. The fourth-order valence-electron chi connectivity index (χ4n) is 3.28. The zero-order valence-electron chi connectivity index (χ0n) is 15.5. The number of thioether (sulfide) groups is 1. The molecule has 4 nitrogen and oxygen atoms in total. The minimum Gasteiger partial charge on any atom is -0.376 e. The highest BCUT2D eigenvalue weighted by molar-refractivity contribution is 7.98. The third-order valence-corrected chi connectivity index (χ3v) is 6.59. The number of carbonyl (C=O) groups excluding carboxylic acids is 1. The molecule has 0 aliphatic carbocycles. The van der Waals surface area contributed by atoms with E-state index < -0.39 is 0 Å². The van der Waals surface area contributed by atoms with Gasteiger partial charge >= 0.3 is 0 Å². The van der Waals surface area contributed by atoms with Crippen molar-refractivity contribution in [3.05, 3.63) is 53.6 Å². The number of aryl methyl sites for hydroxylation is 1. The monoisotopic (exact) mass is 398 g/mol. The number of para-hydroxylation sites is 1. The number of ether oxygens (including phenoxy) is 1. The summed E-state index contributed by atoms with van der Waals surface area (Å²) in [5.74, 6) is -0.0183. The van der Waals surface area contributed by atoms with Gasteiger partial charge in [-0.3, -0.25) is 9.69 Å². The number of aromatic nitrogens is 1. The Bertz CT molecular complexity index is 946. The van der Waals surface area contributed by atoms with Crippen LogP contribution in [0.25, 0.3) is 10.2 Å². The summed E-state index contributed by atoms with van der Waals surface area (Å²) < 4.78 is 6.91. The lowest BCUT2D eigenvalue weighted by atomic mass is 10.1. The van der Waals surface area contributed by atoms with Crippen LogP contribution in [0.15, 0.2) is 47.4 Å². The van der Waals surface area contributed by atoms with E-state index in [1.807, 2.05) is 37.3 Å². The first-order valence-electron chi connectivity index (χ1n) is 9.09. The molecule has 0 radical (unpaired) electrons. The molecule has 1 aromatic heterocycles. The number of anilines is 1. The van der Waals surface area contributed by atoms with Gasteiger partial charge in [-0.15, -0.1) is 11.8 Å². The van der Waals surface area contributed by atoms with E-state index in [4.69, 9.17) is 9.72 Å². The first-order chi connectivity index (χ1) is 13.2. The molecule has 1 saturated heterocycles. The quantitative estimate of drug-likeness (QED) is 0.557. The molecule has 0 unspecified atom stereocenters. The highest BCUT2D eigenvalue weighted by atomic mass is 32.2. The van der Waals surface area contributed by atoms with Crippen LogP contribution in [0.5, 0.6) is 0 Å². The summed E-state index contributed by atoms with van der Waals surface area (Å²) in [6.45, 7) is 3.34. The molecule has 1 fully saturated rings. The number of thiazole rings is 1. The van der Waals surface area contributed by atoms with E-state index in [1.54, 1.807) is 28.0 Å². The maximum absolute atomic E-state index is 13.3. The Hall–Kier alpha value is -1.89. The van der Waals surface area contributed by atoms with Gasteiger partial charge in [0.2, 0.25) is 0 Å². The first-order valence-corrected chi connectivity index (χ1v) is 11.1. The van der Waals surface area contributed by atoms with Gasteiger partial charge in [-0.1, -0.05) is 35.1 Å². The van der Waals surface area contributed by atoms with Crippen molar-refractivity contribution in [3.63, 3.8) is 0 Å². The number of fused-ring (bicyclic) bond motifs is 1. The molecule has 1 amide bonds. The standard InChI is InChI=1S/C21H22N2O2S2/c1-14-8-10-15(11-9-14)20(24)23(13-16-5-4-12-25-16)21-22-19-17(26-2)6-3-7-18(19)27-21/h3,6-11,16H,4-5,12-13H2,1-2H3/t16-/m0/s1. The Balaban J connectivity index is 1.73. The molecule has 4 rings (SSSR count). The Morgan fingerprint density at radius 2 is 2.11 bits per heavy atom. The summed E-state index contributed by atoms with van der Waals surface area (Å²) in [6, 6.07) is 13.9. The zero-order chi connectivity index (χ0) is 18.8. The van der Waals surface area contributed by atoms with E-state index in [0.29, 0.717) is 12.1 Å². The van der Waals surface area contributed by atoms with Crippen molar-refractivity contribution in [2.75, 3.05) is 24.3 Å². The molecule has 1 aliphatic rings. The number of hydrogen-bond acceptors (Lipinski definition) is 5. The van der Waals surface area contributed by atoms with Crippen molar-refractivity contribution in [1.82, 2.24) is 4.98 Å². The average Bonchev–Trinajstić information content (AvgIpc) is 3.35. The molecule has 140 valence electrons. The Kier molecular flexibility index (Phi) is 5.48. The van der Waals surface area contributed by atoms with Gasteiger partial charge in [0.15, 0.2) is 5.13 Å². The third-order valence-electron chi connectivity index (χ3n) is 4.78. The summed E-state index contributed by atoms with van der Waals surface area (Å²) in [6.07, 6.45) is 4.16. The maximum atomic E-state index is 13.3. The molecule has 27 heavy (non-hydrogen) atoms. The van der Waals surface area contributed by atoms with E-state index in [1.165, 1.54) is 0 Å². The molecule has 0 saturated carbocycles. The van der Waals surface area contributed by atoms with Gasteiger partial charge in [0, 0.05) is 17.1 Å². The number of hydrogen-bond donors (Lipinski definition) is 0. The van der Waals surface area contributed by atoms with Crippen molar-refractivity contribution >= 4 is 44.4 Å². The molecule has 1 atom stereocenters. The van der Waals surface area contributed by atoms with Crippen LogP contribution in [0.3, 0.4) is 0 Å². The van der Waals surface area contributed by atoms with Crippen molar-refractivity contribution in [2.45, 2.75) is 30.8 Å². The van der Waals surface area contributed by atoms with Crippen molar-refractivity contribution in [3.8, 4) is 0 Å². The Labute approximate surface area is 167 Å². The lowest BCUT2D eigenvalue weighted by Crippen LogP contribution is -2.37. The van der Waals surface area contributed by atoms with Gasteiger partial charge in [0.05, 0.1) is 22.9 Å². The second kappa shape index (κ2) is 8.00. The summed E-state index contributed by atoms with van der Waals surface area (Å²) in [5, 5.41) is 0.743. The van der Waals surface area contributed by atoms with Crippen molar-refractivity contribution in [1.29, 1.82) is 0 Å². The second-order valence-electron chi connectivity index (χ2n) is 6.72. The van der Waals surface area contributed by atoms with Crippen molar-refractivity contribution in [2.24, 2.45) is 0 Å². The number of benzene rings is 2. The lowest BCUT2D eigenvalue weighted by molar-refractivity contribution is 0.0917. The molecular formula is C21H22N2O2S2. The predicted octanol–water partition coefficient (Wildman–Crippen LogP) is 5.15. The van der Waals surface area contributed by atoms with Gasteiger partial charge in [-0.25, -0.2) is 4.98 Å². The molecule has 0 bridgehead atoms. The summed E-state index contributed by atoms with van der Waals surface area (Å²) in [5.41, 5.74) is 2.80. The largest absolute Gasteiger partial charge is 0.376 e. The van der Waals surface area contributed by atoms with Gasteiger partial charge in [0.25, 0.3) is 5.91 Å². The van der Waals surface area contributed by atoms with E-state index in [9.17, 15) is 4.79 Å². The summed E-state index contributed by atoms with van der Waals surface area (Å²) >= 11 is 3.25. The Morgan fingerprint density at radius 1 is 1.30 bits per heavy atom. The van der Waals surface area contributed by atoms with Gasteiger partial charge in [-0.05, 0) is 50.3 Å². The fraction of sp³-hybridized carbons (Fsp3) is 0.333. The normalized spacial score (nSPS) is 16.7. The van der Waals surface area contributed by atoms with Gasteiger partial charge in [0.1, 0.15) is 0 Å². The van der Waals surface area contributed by atoms with E-state index >= 15 is 0 Å². The van der Waals surface area contributed by atoms with Crippen LogP contribution in [-0.4, -0.2) is 36.4 Å². The average molecular weight is 399 g/mol. The smallest absolute Gasteiger partial charge is 0.260 e. The topological polar surface area (TPSA) is 42.4 Å². The van der Waals surface area contributed by atoms with E-state index in [-0.39, 0.29) is 12.0 Å². The molecule has 3 aromatic rings. The molecule has 2 aromatic carbocycles. The predicted molar refractivity (Wildman–Crippen MR) is 113 cm³/mol. The summed E-state index contributed by atoms with van der Waals surface area (Å²) in [7, 11) is 0. The minimum atomic E-state index is -0.0183. The molecular weight excluding hydrogens is 376 g/mol. The molecule has 2 heterocycles. The van der Waals surface area contributed by atoms with Gasteiger partial charge < -0.3 is 4.74 Å². The van der Waals surface area contributed by atoms with Crippen LogP contribution in [0.2, 0.25) is 0 Å². The fourth-order valence-corrected chi connectivity index (χ4v) is 4.91. The van der Waals surface area contributed by atoms with Crippen LogP contribution in [-0.2, 0) is 4.74 Å². The molecule has 1 aliphatic heterocycles. The van der Waals surface area contributed by atoms with Crippen LogP contribution < -0.4 is 4.90 Å². The lowest BCUT2D eigenvalue weighted by Gasteiger charge is -2.23. The van der Waals surface area contributed by atoms with Crippen LogP contribution in [0, 0.1) is 6.92 Å². The van der Waals surface area contributed by atoms with Gasteiger partial charge in [-0.2, -0.15) is 0 Å². The van der Waals surface area contributed by atoms with E-state index in [2.05, 4.69) is 18.4 Å². The SMILES string of the molecule is CSc1cccc2sc(N(C[C@@H]3CCCO3)C(=O)c3ccc(C)cc3)nc12. The number of nitrogens with zero attached hydrogens (tertiary/aromatic N) is 2. The second-order valence-corrected chi connectivity index (χ2v) is 8.58. The zero-order valence-corrected chi connectivity index (χ0v) is 17.1. The molecule has 6 heteroatoms. The molecule has 0 spiro atoms. The highest BCUT2D eigenvalue weighted by Gasteiger charge is 2.27. The number of rotatable bonds is 5. The Morgan fingerprint density at radius 3 is 2.81 bits per heavy atom. The molecule has 0 N–H and O–H groups in total. The van der Waals surface area contributed by atoms with Crippen LogP contribution in [0.4, 0.5) is 5.13 Å². The third kappa shape index (κ3) is 3.88. The van der Waals surface area contributed by atoms with Crippen molar-refractivity contribution < 1.29 is 9.53 Å². The number of carbonyl (C=O) groups is 1. The summed E-state index contributed by atoms with van der Waals surface area (Å²) in [4.78, 5) is 21.1. The minimum absolute atomic E-state index is 0.0183. The van der Waals surface area contributed by atoms with Crippen LogP contribution >= 0.6 is 23.1 Å². The number of amides is 1. The maximum Gasteiger partial charge on any atom is 0.260 e.